The predicted octanol–water partition coefficient (Wildman–Crippen LogP) is 3.01. The Hall–Kier alpha value is -0.0800. The third-order valence-electron chi connectivity index (χ3n) is 4.31. The summed E-state index contributed by atoms with van der Waals surface area (Å²) in [7, 11) is 0. The minimum Gasteiger partial charge on any atom is -0.326 e. The highest BCUT2D eigenvalue weighted by Crippen LogP contribution is 2.36. The summed E-state index contributed by atoms with van der Waals surface area (Å²) in [5.74, 6) is 0. The van der Waals surface area contributed by atoms with Crippen molar-refractivity contribution >= 4 is 0 Å². The van der Waals surface area contributed by atoms with Gasteiger partial charge in [-0.3, -0.25) is 4.90 Å². The zero-order valence-corrected chi connectivity index (χ0v) is 11.6. The van der Waals surface area contributed by atoms with Crippen molar-refractivity contribution in [2.75, 3.05) is 13.1 Å². The molecule has 0 spiro atoms. The second-order valence-corrected chi connectivity index (χ2v) is 5.96. The molecule has 2 atom stereocenters. The van der Waals surface area contributed by atoms with Gasteiger partial charge in [-0.15, -0.1) is 0 Å². The van der Waals surface area contributed by atoms with Crippen LogP contribution in [0.15, 0.2) is 0 Å². The molecule has 0 aliphatic heterocycles. The van der Waals surface area contributed by atoms with E-state index in [4.69, 9.17) is 5.73 Å². The lowest BCUT2D eigenvalue weighted by Gasteiger charge is -2.46. The molecule has 0 amide bonds. The van der Waals surface area contributed by atoms with Crippen LogP contribution >= 0.6 is 0 Å². The molecule has 0 bridgehead atoms. The van der Waals surface area contributed by atoms with Gasteiger partial charge in [-0.1, -0.05) is 40.5 Å². The van der Waals surface area contributed by atoms with E-state index >= 15 is 0 Å². The third-order valence-corrected chi connectivity index (χ3v) is 4.31. The zero-order chi connectivity index (χ0) is 12.2. The minimum atomic E-state index is 0.322. The highest BCUT2D eigenvalue weighted by molar-refractivity contribution is 4.95. The number of nitrogens with zero attached hydrogens (tertiary/aromatic N) is 1. The predicted molar refractivity (Wildman–Crippen MR) is 71.6 cm³/mol. The van der Waals surface area contributed by atoms with Crippen LogP contribution in [0.1, 0.15) is 59.8 Å². The topological polar surface area (TPSA) is 29.3 Å². The Morgan fingerprint density at radius 3 is 2.56 bits per heavy atom. The van der Waals surface area contributed by atoms with E-state index < -0.39 is 0 Å². The van der Waals surface area contributed by atoms with Gasteiger partial charge in [0.25, 0.3) is 0 Å². The van der Waals surface area contributed by atoms with Gasteiger partial charge in [-0.05, 0) is 37.8 Å². The lowest BCUT2D eigenvalue weighted by atomic mass is 9.70. The zero-order valence-electron chi connectivity index (χ0n) is 11.6. The quantitative estimate of drug-likeness (QED) is 0.781. The van der Waals surface area contributed by atoms with Crippen LogP contribution < -0.4 is 5.73 Å². The summed E-state index contributed by atoms with van der Waals surface area (Å²) >= 11 is 0. The molecule has 0 heterocycles. The average Bonchev–Trinajstić information content (AvgIpc) is 2.25. The molecule has 0 saturated heterocycles. The smallest absolute Gasteiger partial charge is 0.0252 e. The fourth-order valence-corrected chi connectivity index (χ4v) is 2.96. The maximum Gasteiger partial charge on any atom is 0.0252 e. The van der Waals surface area contributed by atoms with Gasteiger partial charge in [-0.2, -0.15) is 0 Å². The minimum absolute atomic E-state index is 0.322. The van der Waals surface area contributed by atoms with E-state index in [0.29, 0.717) is 17.5 Å². The first-order valence-electron chi connectivity index (χ1n) is 7.02. The van der Waals surface area contributed by atoms with Crippen LogP contribution in [0, 0.1) is 5.41 Å². The Labute approximate surface area is 102 Å². The highest BCUT2D eigenvalue weighted by atomic mass is 15.2. The van der Waals surface area contributed by atoms with Crippen LogP contribution in [-0.2, 0) is 0 Å². The van der Waals surface area contributed by atoms with Crippen LogP contribution in [-0.4, -0.2) is 30.1 Å². The molecule has 1 fully saturated rings. The summed E-state index contributed by atoms with van der Waals surface area (Å²) in [5, 5.41) is 0. The second-order valence-electron chi connectivity index (χ2n) is 5.96. The second kappa shape index (κ2) is 6.02. The van der Waals surface area contributed by atoms with E-state index in [0.717, 1.165) is 6.54 Å². The molecule has 0 aromatic carbocycles. The van der Waals surface area contributed by atoms with E-state index in [1.807, 2.05) is 0 Å². The van der Waals surface area contributed by atoms with Gasteiger partial charge < -0.3 is 5.73 Å². The van der Waals surface area contributed by atoms with Crippen LogP contribution in [0.2, 0.25) is 0 Å². The van der Waals surface area contributed by atoms with Crippen LogP contribution in [0.3, 0.4) is 0 Å². The fraction of sp³-hybridized carbons (Fsp3) is 1.00. The van der Waals surface area contributed by atoms with Gasteiger partial charge >= 0.3 is 0 Å². The molecule has 0 aromatic rings. The lowest BCUT2D eigenvalue weighted by Crippen LogP contribution is -2.57. The first-order chi connectivity index (χ1) is 7.53. The average molecular weight is 226 g/mol. The molecule has 0 radical (unpaired) electrons. The Morgan fingerprint density at radius 1 is 1.31 bits per heavy atom. The van der Waals surface area contributed by atoms with E-state index in [9.17, 15) is 0 Å². The van der Waals surface area contributed by atoms with Crippen molar-refractivity contribution in [2.24, 2.45) is 11.1 Å². The molecule has 2 unspecified atom stereocenters. The van der Waals surface area contributed by atoms with E-state index in [1.165, 1.54) is 38.6 Å². The van der Waals surface area contributed by atoms with E-state index in [-0.39, 0.29) is 0 Å². The summed E-state index contributed by atoms with van der Waals surface area (Å²) in [4.78, 5) is 2.61. The molecule has 1 saturated carbocycles. The van der Waals surface area contributed by atoms with Gasteiger partial charge in [0.1, 0.15) is 0 Å². The Balaban J connectivity index is 2.61. The fourth-order valence-electron chi connectivity index (χ4n) is 2.96. The van der Waals surface area contributed by atoms with Crippen molar-refractivity contribution < 1.29 is 0 Å². The molecule has 96 valence electrons. The van der Waals surface area contributed by atoms with Crippen molar-refractivity contribution in [2.45, 2.75) is 71.9 Å². The van der Waals surface area contributed by atoms with Crippen molar-refractivity contribution in [3.8, 4) is 0 Å². The number of hydrogen-bond acceptors (Lipinski definition) is 2. The molecular formula is C14H30N2. The van der Waals surface area contributed by atoms with Crippen LogP contribution in [0.5, 0.6) is 0 Å². The summed E-state index contributed by atoms with van der Waals surface area (Å²) in [6.07, 6.45) is 6.51. The van der Waals surface area contributed by atoms with Crippen LogP contribution in [0.25, 0.3) is 0 Å². The molecule has 2 heteroatoms. The standard InChI is InChI=1S/C14H30N2/c1-5-7-11-16(6-2)12-9-8-10-14(3,4)13(12)15/h12-13H,5-11,15H2,1-4H3. The summed E-state index contributed by atoms with van der Waals surface area (Å²) in [6.45, 7) is 11.6. The van der Waals surface area contributed by atoms with Gasteiger partial charge in [0, 0.05) is 12.1 Å². The molecule has 2 nitrogen and oxygen atoms in total. The van der Waals surface area contributed by atoms with Gasteiger partial charge in [0.2, 0.25) is 0 Å². The normalized spacial score (nSPS) is 29.6. The molecule has 1 aliphatic carbocycles. The monoisotopic (exact) mass is 226 g/mol. The Kier molecular flexibility index (Phi) is 5.26. The Bertz CT molecular complexity index is 201. The highest BCUT2D eigenvalue weighted by Gasteiger charge is 2.38. The van der Waals surface area contributed by atoms with Crippen molar-refractivity contribution in [3.63, 3.8) is 0 Å². The lowest BCUT2D eigenvalue weighted by molar-refractivity contribution is 0.0703. The number of unbranched alkanes of at least 4 members (excludes halogenated alkanes) is 1. The molecule has 16 heavy (non-hydrogen) atoms. The maximum atomic E-state index is 6.46. The first kappa shape index (κ1) is 14.0. The number of rotatable bonds is 5. The third kappa shape index (κ3) is 3.21. The van der Waals surface area contributed by atoms with Gasteiger partial charge in [0.05, 0.1) is 0 Å². The molecular weight excluding hydrogens is 196 g/mol. The maximum absolute atomic E-state index is 6.46. The first-order valence-corrected chi connectivity index (χ1v) is 7.02. The van der Waals surface area contributed by atoms with E-state index in [2.05, 4.69) is 32.6 Å². The Morgan fingerprint density at radius 2 is 2.00 bits per heavy atom. The largest absolute Gasteiger partial charge is 0.326 e. The number of nitrogens with two attached hydrogens (primary N) is 1. The van der Waals surface area contributed by atoms with Crippen LogP contribution in [0.4, 0.5) is 0 Å². The molecule has 1 rings (SSSR count). The summed E-state index contributed by atoms with van der Waals surface area (Å²) < 4.78 is 0. The van der Waals surface area contributed by atoms with Crippen molar-refractivity contribution in [1.29, 1.82) is 0 Å². The van der Waals surface area contributed by atoms with Gasteiger partial charge in [-0.25, -0.2) is 0 Å². The van der Waals surface area contributed by atoms with E-state index in [1.54, 1.807) is 0 Å². The SMILES string of the molecule is CCCCN(CC)C1CCCC(C)(C)C1N. The summed E-state index contributed by atoms with van der Waals surface area (Å²) in [5.41, 5.74) is 6.79. The van der Waals surface area contributed by atoms with Gasteiger partial charge in [0.15, 0.2) is 0 Å². The van der Waals surface area contributed by atoms with Crippen molar-refractivity contribution in [3.05, 3.63) is 0 Å². The molecule has 0 aromatic heterocycles. The summed E-state index contributed by atoms with van der Waals surface area (Å²) in [6, 6.07) is 0.957. The number of likely N-dealkylation sites (N-methyl/N-ethyl adjacent to an activating group) is 1. The van der Waals surface area contributed by atoms with Crippen molar-refractivity contribution in [1.82, 2.24) is 4.90 Å². The molecule has 2 N–H and O–H groups in total. The molecule has 1 aliphatic rings. The number of hydrogen-bond donors (Lipinski definition) is 1.